The molecule has 29 heavy (non-hydrogen) atoms. The average Bonchev–Trinajstić information content (AvgIpc) is 3.48. The van der Waals surface area contributed by atoms with Gasteiger partial charge in [0.1, 0.15) is 0 Å². The first-order chi connectivity index (χ1) is 14.2. The number of aromatic nitrogens is 3. The van der Waals surface area contributed by atoms with Gasteiger partial charge in [0.25, 0.3) is 0 Å². The van der Waals surface area contributed by atoms with Crippen molar-refractivity contribution >= 4 is 0 Å². The Bertz CT molecular complexity index is 1040. The third-order valence-corrected chi connectivity index (χ3v) is 6.74. The zero-order valence-corrected chi connectivity index (χ0v) is 16.5. The highest BCUT2D eigenvalue weighted by Crippen LogP contribution is 2.51. The summed E-state index contributed by atoms with van der Waals surface area (Å²) in [6.07, 6.45) is 7.00. The first kappa shape index (κ1) is 18.0. The summed E-state index contributed by atoms with van der Waals surface area (Å²) in [7, 11) is 0. The Kier molecular flexibility index (Phi) is 4.40. The number of hydrogen-bond acceptors (Lipinski definition) is 6. The smallest absolute Gasteiger partial charge is 0.234 e. The second-order valence-electron chi connectivity index (χ2n) is 8.25. The van der Waals surface area contributed by atoms with E-state index in [9.17, 15) is 0 Å². The van der Waals surface area contributed by atoms with Gasteiger partial charge in [-0.1, -0.05) is 23.7 Å². The predicted octanol–water partition coefficient (Wildman–Crippen LogP) is 4.12. The van der Waals surface area contributed by atoms with E-state index >= 15 is 0 Å². The minimum absolute atomic E-state index is 0.0612. The van der Waals surface area contributed by atoms with Crippen LogP contribution in [0.5, 0.6) is 0 Å². The molecule has 2 fully saturated rings. The monoisotopic (exact) mass is 385 g/mol. The van der Waals surface area contributed by atoms with Crippen molar-refractivity contribution in [3.8, 4) is 17.5 Å². The van der Waals surface area contributed by atoms with Crippen molar-refractivity contribution in [1.29, 1.82) is 5.26 Å². The summed E-state index contributed by atoms with van der Waals surface area (Å²) < 4.78 is 5.82. The number of pyridine rings is 1. The molecule has 3 heterocycles. The van der Waals surface area contributed by atoms with Gasteiger partial charge >= 0.3 is 0 Å². The fourth-order valence-corrected chi connectivity index (χ4v) is 5.06. The highest BCUT2D eigenvalue weighted by atomic mass is 16.5. The quantitative estimate of drug-likeness (QED) is 0.672. The molecule has 3 aromatic rings. The van der Waals surface area contributed by atoms with Crippen LogP contribution < -0.4 is 0 Å². The van der Waals surface area contributed by atoms with Crippen LogP contribution in [0.15, 0.2) is 53.3 Å². The molecule has 0 N–H and O–H groups in total. The molecule has 5 rings (SSSR count). The maximum absolute atomic E-state index is 9.04. The van der Waals surface area contributed by atoms with Gasteiger partial charge in [0.2, 0.25) is 11.7 Å². The molecule has 2 aliphatic rings. The maximum Gasteiger partial charge on any atom is 0.234 e. The van der Waals surface area contributed by atoms with Gasteiger partial charge in [-0.3, -0.25) is 9.88 Å². The van der Waals surface area contributed by atoms with E-state index in [2.05, 4.69) is 40.2 Å². The van der Waals surface area contributed by atoms with Gasteiger partial charge in [-0.25, -0.2) is 0 Å². The van der Waals surface area contributed by atoms with Crippen LogP contribution in [-0.2, 0) is 5.41 Å². The third-order valence-electron chi connectivity index (χ3n) is 6.74. The topological polar surface area (TPSA) is 78.8 Å². The van der Waals surface area contributed by atoms with Crippen LogP contribution in [0.2, 0.25) is 0 Å². The van der Waals surface area contributed by atoms with Gasteiger partial charge in [0, 0.05) is 37.1 Å². The van der Waals surface area contributed by atoms with Crippen LogP contribution in [0.3, 0.4) is 0 Å². The van der Waals surface area contributed by atoms with Crippen molar-refractivity contribution in [2.24, 2.45) is 5.92 Å². The van der Waals surface area contributed by atoms with E-state index in [1.165, 1.54) is 18.4 Å². The van der Waals surface area contributed by atoms with E-state index in [0.717, 1.165) is 31.0 Å². The van der Waals surface area contributed by atoms with Gasteiger partial charge < -0.3 is 4.52 Å². The lowest BCUT2D eigenvalue weighted by Gasteiger charge is -2.28. The Hall–Kier alpha value is -3.04. The molecule has 0 bridgehead atoms. The van der Waals surface area contributed by atoms with Gasteiger partial charge in [-0.15, -0.1) is 0 Å². The van der Waals surface area contributed by atoms with Crippen LogP contribution in [-0.4, -0.2) is 33.1 Å². The van der Waals surface area contributed by atoms with E-state index < -0.39 is 0 Å². The van der Waals surface area contributed by atoms with Crippen molar-refractivity contribution in [3.05, 3.63) is 65.8 Å². The lowest BCUT2D eigenvalue weighted by atomic mass is 9.80. The number of benzene rings is 1. The Morgan fingerprint density at radius 2 is 2.14 bits per heavy atom. The Morgan fingerprint density at radius 1 is 1.28 bits per heavy atom. The lowest BCUT2D eigenvalue weighted by molar-refractivity contribution is 0.218. The van der Waals surface area contributed by atoms with Crippen LogP contribution in [0.4, 0.5) is 0 Å². The second-order valence-corrected chi connectivity index (χ2v) is 8.25. The van der Waals surface area contributed by atoms with Gasteiger partial charge in [0.05, 0.1) is 17.0 Å². The van der Waals surface area contributed by atoms with E-state index in [0.29, 0.717) is 17.3 Å². The normalized spacial score (nSPS) is 24.9. The van der Waals surface area contributed by atoms with Crippen molar-refractivity contribution in [3.63, 3.8) is 0 Å². The summed E-state index contributed by atoms with van der Waals surface area (Å²) in [6, 6.07) is 14.3. The van der Waals surface area contributed by atoms with E-state index in [1.54, 1.807) is 12.4 Å². The van der Waals surface area contributed by atoms with Crippen LogP contribution in [0, 0.1) is 17.2 Å². The zero-order chi connectivity index (χ0) is 19.8. The molecule has 6 heteroatoms. The van der Waals surface area contributed by atoms with E-state index in [4.69, 9.17) is 14.8 Å². The summed E-state index contributed by atoms with van der Waals surface area (Å²) in [5.74, 6) is 1.92. The Labute approximate surface area is 170 Å². The number of nitriles is 1. The average molecular weight is 385 g/mol. The van der Waals surface area contributed by atoms with Gasteiger partial charge in [-0.2, -0.15) is 10.2 Å². The number of hydrogen-bond donors (Lipinski definition) is 0. The summed E-state index contributed by atoms with van der Waals surface area (Å²) in [4.78, 5) is 11.5. The molecule has 3 atom stereocenters. The Balaban J connectivity index is 1.41. The molecular weight excluding hydrogens is 362 g/mol. The summed E-state index contributed by atoms with van der Waals surface area (Å²) in [5.41, 5.74) is 2.76. The predicted molar refractivity (Wildman–Crippen MR) is 108 cm³/mol. The number of likely N-dealkylation sites (tertiary alicyclic amines) is 1. The molecule has 0 radical (unpaired) electrons. The molecule has 6 nitrogen and oxygen atoms in total. The summed E-state index contributed by atoms with van der Waals surface area (Å²) in [6.45, 7) is 4.20. The first-order valence-corrected chi connectivity index (χ1v) is 10.2. The van der Waals surface area contributed by atoms with E-state index in [-0.39, 0.29) is 11.5 Å². The van der Waals surface area contributed by atoms with Gasteiger partial charge in [-0.05, 0) is 55.5 Å². The second kappa shape index (κ2) is 7.09. The van der Waals surface area contributed by atoms with Crippen molar-refractivity contribution in [2.75, 3.05) is 13.1 Å². The highest BCUT2D eigenvalue weighted by Gasteiger charge is 2.54. The molecule has 1 aliphatic heterocycles. The molecule has 0 amide bonds. The van der Waals surface area contributed by atoms with Gasteiger partial charge in [0.15, 0.2) is 0 Å². The standard InChI is InChI=1S/C23H23N5O/c1-16(18-8-6-17(12-24)7-9-18)28-14-20-5-2-10-23(20,15-28)22-26-21(27-29-22)19-4-3-11-25-13-19/h3-4,6-9,11,13,16,20H,2,5,10,14-15H2,1H3/t16-,20-,23-/m1/s1. The minimum atomic E-state index is -0.0612. The number of rotatable bonds is 4. The fourth-order valence-electron chi connectivity index (χ4n) is 5.06. The number of nitrogens with zero attached hydrogens (tertiary/aromatic N) is 5. The molecule has 1 aliphatic carbocycles. The SMILES string of the molecule is C[C@H](c1ccc(C#N)cc1)N1C[C@H]2CCC[C@@]2(c2nc(-c3cccnc3)no2)C1. The minimum Gasteiger partial charge on any atom is -0.338 e. The van der Waals surface area contributed by atoms with Crippen molar-refractivity contribution in [2.45, 2.75) is 37.6 Å². The number of fused-ring (bicyclic) bond motifs is 1. The lowest BCUT2D eigenvalue weighted by Crippen LogP contribution is -2.33. The Morgan fingerprint density at radius 3 is 2.90 bits per heavy atom. The molecule has 2 aromatic heterocycles. The van der Waals surface area contributed by atoms with Crippen LogP contribution in [0.25, 0.3) is 11.4 Å². The highest BCUT2D eigenvalue weighted by molar-refractivity contribution is 5.52. The third kappa shape index (κ3) is 3.02. The van der Waals surface area contributed by atoms with E-state index in [1.807, 2.05) is 24.3 Å². The maximum atomic E-state index is 9.04. The largest absolute Gasteiger partial charge is 0.338 e. The summed E-state index contributed by atoms with van der Waals surface area (Å²) in [5, 5.41) is 13.3. The van der Waals surface area contributed by atoms with Crippen LogP contribution in [0.1, 0.15) is 49.2 Å². The molecular formula is C23H23N5O. The van der Waals surface area contributed by atoms with Crippen LogP contribution >= 0.6 is 0 Å². The molecule has 1 saturated carbocycles. The van der Waals surface area contributed by atoms with Crippen molar-refractivity contribution < 1.29 is 4.52 Å². The fraction of sp³-hybridized carbons (Fsp3) is 0.391. The first-order valence-electron chi connectivity index (χ1n) is 10.2. The molecule has 146 valence electrons. The zero-order valence-electron chi connectivity index (χ0n) is 16.5. The van der Waals surface area contributed by atoms with Crippen molar-refractivity contribution in [1.82, 2.24) is 20.0 Å². The molecule has 0 spiro atoms. The summed E-state index contributed by atoms with van der Waals surface area (Å²) >= 11 is 0. The molecule has 1 saturated heterocycles. The molecule has 1 aromatic carbocycles. The molecule has 0 unspecified atom stereocenters.